The van der Waals surface area contributed by atoms with Gasteiger partial charge in [0.25, 0.3) is 5.91 Å². The molecule has 7 nitrogen and oxygen atoms in total. The summed E-state index contributed by atoms with van der Waals surface area (Å²) in [7, 11) is -3.45. The van der Waals surface area contributed by atoms with E-state index in [0.717, 1.165) is 25.7 Å². The number of ether oxygens (including phenoxy) is 1. The van der Waals surface area contributed by atoms with Crippen molar-refractivity contribution >= 4 is 21.6 Å². The number of para-hydroxylation sites is 2. The van der Waals surface area contributed by atoms with Gasteiger partial charge in [-0.2, -0.15) is 0 Å². The molecule has 1 amide bonds. The summed E-state index contributed by atoms with van der Waals surface area (Å²) in [4.78, 5) is 12.7. The molecule has 2 unspecified atom stereocenters. The number of hydrogen-bond donors (Lipinski definition) is 3. The number of nitrogens with two attached hydrogens (primary N) is 1. The van der Waals surface area contributed by atoms with E-state index in [2.05, 4.69) is 17.0 Å². The van der Waals surface area contributed by atoms with E-state index in [0.29, 0.717) is 42.8 Å². The fourth-order valence-electron chi connectivity index (χ4n) is 4.47. The molecule has 218 valence electrons. The maximum Gasteiger partial charge on any atom is 0.251 e. The van der Waals surface area contributed by atoms with Gasteiger partial charge in [0, 0.05) is 18.2 Å². The normalized spacial score (nSPS) is 13.0. The molecule has 2 atom stereocenters. The molecule has 0 saturated carbocycles. The fourth-order valence-corrected chi connectivity index (χ4v) is 5.75. The molecule has 0 fully saturated rings. The minimum absolute atomic E-state index is 0.0819. The number of rotatable bonds is 21. The molecule has 0 aliphatic carbocycles. The number of carbonyl (C=O) groups is 1. The lowest BCUT2D eigenvalue weighted by molar-refractivity contribution is 0.0929. The Labute approximate surface area is 236 Å². The maximum absolute atomic E-state index is 12.7. The standard InChI is InChI=1S/C31H49N3O4S/c1-3-5-7-8-9-10-14-19-28(23-22-27(25-32)33-31(35)26-17-12-11-13-18-26)38-30-21-16-15-20-29(30)34-39(36,37)24-6-4-2/h11-13,15-18,20-21,27-28,34H,3-10,14,19,22-25,32H2,1-2H3,(H,33,35). The van der Waals surface area contributed by atoms with Crippen LogP contribution in [0.25, 0.3) is 0 Å². The van der Waals surface area contributed by atoms with Crippen LogP contribution >= 0.6 is 0 Å². The molecule has 0 aliphatic rings. The first-order valence-electron chi connectivity index (χ1n) is 14.7. The first-order valence-corrected chi connectivity index (χ1v) is 16.4. The van der Waals surface area contributed by atoms with Crippen LogP contribution in [0.3, 0.4) is 0 Å². The second-order valence-electron chi connectivity index (χ2n) is 10.3. The van der Waals surface area contributed by atoms with Gasteiger partial charge in [0.2, 0.25) is 10.0 Å². The molecule has 0 aromatic heterocycles. The van der Waals surface area contributed by atoms with Gasteiger partial charge in [-0.3, -0.25) is 9.52 Å². The smallest absolute Gasteiger partial charge is 0.251 e. The van der Waals surface area contributed by atoms with E-state index in [1.165, 1.54) is 32.1 Å². The number of benzene rings is 2. The van der Waals surface area contributed by atoms with Crippen molar-refractivity contribution in [1.82, 2.24) is 5.32 Å². The van der Waals surface area contributed by atoms with Gasteiger partial charge >= 0.3 is 0 Å². The molecule has 0 bridgehead atoms. The number of anilines is 1. The lowest BCUT2D eigenvalue weighted by atomic mass is 10.0. The molecule has 0 saturated heterocycles. The Balaban J connectivity index is 2.05. The second kappa shape index (κ2) is 18.7. The first kappa shape index (κ1) is 32.6. The molecule has 39 heavy (non-hydrogen) atoms. The Bertz CT molecular complexity index is 1050. The number of hydrogen-bond acceptors (Lipinski definition) is 5. The van der Waals surface area contributed by atoms with E-state index in [1.54, 1.807) is 24.3 Å². The largest absolute Gasteiger partial charge is 0.488 e. The molecule has 2 rings (SSSR count). The third-order valence-corrected chi connectivity index (χ3v) is 8.19. The average Bonchev–Trinajstić information content (AvgIpc) is 2.94. The van der Waals surface area contributed by atoms with Crippen molar-refractivity contribution in [1.29, 1.82) is 0 Å². The number of unbranched alkanes of at least 4 members (excludes halogenated alkanes) is 7. The van der Waals surface area contributed by atoms with E-state index in [1.807, 2.05) is 37.3 Å². The van der Waals surface area contributed by atoms with Crippen LogP contribution in [-0.4, -0.2) is 38.8 Å². The zero-order chi connectivity index (χ0) is 28.3. The summed E-state index contributed by atoms with van der Waals surface area (Å²) in [6.45, 7) is 4.52. The third-order valence-electron chi connectivity index (χ3n) is 6.84. The van der Waals surface area contributed by atoms with Gasteiger partial charge in [-0.05, 0) is 56.4 Å². The van der Waals surface area contributed by atoms with Gasteiger partial charge < -0.3 is 15.8 Å². The van der Waals surface area contributed by atoms with Crippen molar-refractivity contribution in [3.8, 4) is 5.75 Å². The van der Waals surface area contributed by atoms with Crippen molar-refractivity contribution in [3.05, 3.63) is 60.2 Å². The number of nitrogens with one attached hydrogen (secondary N) is 2. The molecule has 0 heterocycles. The number of sulfonamides is 1. The minimum atomic E-state index is -3.45. The molecular weight excluding hydrogens is 510 g/mol. The van der Waals surface area contributed by atoms with Crippen molar-refractivity contribution in [2.24, 2.45) is 5.73 Å². The highest BCUT2D eigenvalue weighted by Crippen LogP contribution is 2.28. The van der Waals surface area contributed by atoms with Crippen LogP contribution in [0.15, 0.2) is 54.6 Å². The monoisotopic (exact) mass is 559 g/mol. The summed E-state index contributed by atoms with van der Waals surface area (Å²) in [5.41, 5.74) is 7.09. The summed E-state index contributed by atoms with van der Waals surface area (Å²) in [5, 5.41) is 3.05. The van der Waals surface area contributed by atoms with E-state index in [-0.39, 0.29) is 23.8 Å². The zero-order valence-corrected chi connectivity index (χ0v) is 24.7. The van der Waals surface area contributed by atoms with Crippen LogP contribution in [0.2, 0.25) is 0 Å². The SMILES string of the molecule is CCCCCCCCCC(CCC(CN)NC(=O)c1ccccc1)Oc1ccccc1NS(=O)(=O)CCCC. The number of amides is 1. The topological polar surface area (TPSA) is 111 Å². The van der Waals surface area contributed by atoms with Gasteiger partial charge in [-0.1, -0.05) is 89.1 Å². The van der Waals surface area contributed by atoms with Crippen LogP contribution in [0.5, 0.6) is 5.75 Å². The van der Waals surface area contributed by atoms with Crippen LogP contribution < -0.4 is 20.5 Å². The third kappa shape index (κ3) is 13.4. The van der Waals surface area contributed by atoms with Gasteiger partial charge in [-0.25, -0.2) is 8.42 Å². The van der Waals surface area contributed by atoms with Crippen molar-refractivity contribution in [2.75, 3.05) is 17.0 Å². The van der Waals surface area contributed by atoms with Crippen LogP contribution in [0, 0.1) is 0 Å². The highest BCUT2D eigenvalue weighted by Gasteiger charge is 2.19. The Kier molecular flexibility index (Phi) is 15.6. The molecule has 0 spiro atoms. The van der Waals surface area contributed by atoms with E-state index < -0.39 is 10.0 Å². The Morgan fingerprint density at radius 3 is 2.15 bits per heavy atom. The highest BCUT2D eigenvalue weighted by molar-refractivity contribution is 7.92. The fraction of sp³-hybridized carbons (Fsp3) is 0.581. The summed E-state index contributed by atoms with van der Waals surface area (Å²) >= 11 is 0. The second-order valence-corrected chi connectivity index (χ2v) is 12.1. The average molecular weight is 560 g/mol. The van der Waals surface area contributed by atoms with E-state index in [9.17, 15) is 13.2 Å². The summed E-state index contributed by atoms with van der Waals surface area (Å²) < 4.78 is 34.3. The predicted molar refractivity (Wildman–Crippen MR) is 162 cm³/mol. The molecule has 0 radical (unpaired) electrons. The quantitative estimate of drug-likeness (QED) is 0.148. The zero-order valence-electron chi connectivity index (χ0n) is 23.9. The summed E-state index contributed by atoms with van der Waals surface area (Å²) in [6, 6.07) is 16.2. The van der Waals surface area contributed by atoms with Gasteiger partial charge in [-0.15, -0.1) is 0 Å². The van der Waals surface area contributed by atoms with Crippen molar-refractivity contribution in [3.63, 3.8) is 0 Å². The maximum atomic E-state index is 12.7. The number of carbonyl (C=O) groups excluding carboxylic acids is 1. The van der Waals surface area contributed by atoms with E-state index in [4.69, 9.17) is 10.5 Å². The van der Waals surface area contributed by atoms with Crippen molar-refractivity contribution in [2.45, 2.75) is 103 Å². The molecule has 8 heteroatoms. The molecule has 2 aromatic carbocycles. The summed E-state index contributed by atoms with van der Waals surface area (Å²) in [6.07, 6.45) is 11.9. The molecule has 4 N–H and O–H groups in total. The Morgan fingerprint density at radius 2 is 1.46 bits per heavy atom. The first-order chi connectivity index (χ1) is 18.9. The predicted octanol–water partition coefficient (Wildman–Crippen LogP) is 6.65. The van der Waals surface area contributed by atoms with Gasteiger partial charge in [0.1, 0.15) is 5.75 Å². The Morgan fingerprint density at radius 1 is 0.821 bits per heavy atom. The van der Waals surface area contributed by atoms with Crippen LogP contribution in [0.4, 0.5) is 5.69 Å². The van der Waals surface area contributed by atoms with E-state index >= 15 is 0 Å². The van der Waals surface area contributed by atoms with Gasteiger partial charge in [0.15, 0.2) is 0 Å². The lowest BCUT2D eigenvalue weighted by Gasteiger charge is -2.24. The highest BCUT2D eigenvalue weighted by atomic mass is 32.2. The van der Waals surface area contributed by atoms with Crippen LogP contribution in [-0.2, 0) is 10.0 Å². The molecule has 2 aromatic rings. The van der Waals surface area contributed by atoms with Crippen LogP contribution in [0.1, 0.15) is 101 Å². The molecule has 0 aliphatic heterocycles. The van der Waals surface area contributed by atoms with Crippen molar-refractivity contribution < 1.29 is 17.9 Å². The van der Waals surface area contributed by atoms with Gasteiger partial charge in [0.05, 0.1) is 17.5 Å². The minimum Gasteiger partial charge on any atom is -0.488 e. The molecular formula is C31H49N3O4S. The Hall–Kier alpha value is -2.58. The lowest BCUT2D eigenvalue weighted by Crippen LogP contribution is -2.41. The summed E-state index contributed by atoms with van der Waals surface area (Å²) in [5.74, 6) is 0.476.